The molecular formula is C20H25N5O2. The maximum absolute atomic E-state index is 12.5. The summed E-state index contributed by atoms with van der Waals surface area (Å²) in [6, 6.07) is 6.10. The van der Waals surface area contributed by atoms with Crippen LogP contribution in [0.1, 0.15) is 46.9 Å². The summed E-state index contributed by atoms with van der Waals surface area (Å²) in [5.41, 5.74) is 3.73. The SMILES string of the molecule is C=CC(CC)CC(=O)N1Cc2ccc(CNC(=O)c3cnnn3C)cc2C1. The molecule has 7 nitrogen and oxygen atoms in total. The molecule has 0 fully saturated rings. The van der Waals surface area contributed by atoms with Crippen LogP contribution >= 0.6 is 0 Å². The van der Waals surface area contributed by atoms with E-state index in [1.807, 2.05) is 23.1 Å². The van der Waals surface area contributed by atoms with Gasteiger partial charge in [0.05, 0.1) is 6.20 Å². The third-order valence-corrected chi connectivity index (χ3v) is 5.04. The van der Waals surface area contributed by atoms with Crippen LogP contribution in [0.25, 0.3) is 0 Å². The number of hydrogen-bond donors (Lipinski definition) is 1. The molecule has 0 aliphatic carbocycles. The molecule has 3 rings (SSSR count). The summed E-state index contributed by atoms with van der Waals surface area (Å²) in [4.78, 5) is 26.6. The Hall–Kier alpha value is -2.96. The van der Waals surface area contributed by atoms with Gasteiger partial charge in [-0.1, -0.05) is 36.4 Å². The zero-order chi connectivity index (χ0) is 19.4. The van der Waals surface area contributed by atoms with Gasteiger partial charge >= 0.3 is 0 Å². The van der Waals surface area contributed by atoms with Crippen molar-refractivity contribution in [3.8, 4) is 0 Å². The molecule has 1 unspecified atom stereocenters. The van der Waals surface area contributed by atoms with Crippen molar-refractivity contribution in [1.82, 2.24) is 25.2 Å². The van der Waals surface area contributed by atoms with Gasteiger partial charge in [-0.3, -0.25) is 9.59 Å². The molecule has 1 aromatic heterocycles. The fraction of sp³-hybridized carbons (Fsp3) is 0.400. The average molecular weight is 367 g/mol. The minimum atomic E-state index is -0.213. The van der Waals surface area contributed by atoms with E-state index in [1.165, 1.54) is 16.4 Å². The van der Waals surface area contributed by atoms with Crippen LogP contribution in [-0.2, 0) is 31.5 Å². The predicted molar refractivity (Wildman–Crippen MR) is 101 cm³/mol. The van der Waals surface area contributed by atoms with Gasteiger partial charge in [0, 0.05) is 33.1 Å². The smallest absolute Gasteiger partial charge is 0.271 e. The molecule has 2 heterocycles. The second-order valence-corrected chi connectivity index (χ2v) is 6.89. The first-order valence-corrected chi connectivity index (χ1v) is 9.15. The first-order valence-electron chi connectivity index (χ1n) is 9.15. The van der Waals surface area contributed by atoms with Crippen molar-refractivity contribution in [3.63, 3.8) is 0 Å². The molecule has 2 amide bonds. The Morgan fingerprint density at radius 3 is 2.78 bits per heavy atom. The molecule has 0 spiro atoms. The summed E-state index contributed by atoms with van der Waals surface area (Å²) in [5, 5.41) is 10.3. The summed E-state index contributed by atoms with van der Waals surface area (Å²) in [6.07, 6.45) is 4.73. The number of hydrogen-bond acceptors (Lipinski definition) is 4. The van der Waals surface area contributed by atoms with Crippen LogP contribution < -0.4 is 5.32 Å². The number of allylic oxidation sites excluding steroid dienone is 1. The molecule has 27 heavy (non-hydrogen) atoms. The highest BCUT2D eigenvalue weighted by Crippen LogP contribution is 2.25. The molecule has 1 aliphatic rings. The highest BCUT2D eigenvalue weighted by molar-refractivity contribution is 5.92. The lowest BCUT2D eigenvalue weighted by Gasteiger charge is -2.18. The standard InChI is InChI=1S/C20H25N5O2/c1-4-14(5-2)9-19(26)25-12-16-7-6-15(8-17(16)13-25)10-21-20(27)18-11-22-23-24(18)3/h4,6-8,11,14H,1,5,9-10,12-13H2,2-3H3,(H,21,27). The first-order chi connectivity index (χ1) is 13.0. The number of amides is 2. The molecule has 1 N–H and O–H groups in total. The topological polar surface area (TPSA) is 80.1 Å². The van der Waals surface area contributed by atoms with Gasteiger partial charge in [0.15, 0.2) is 0 Å². The largest absolute Gasteiger partial charge is 0.347 e. The number of benzene rings is 1. The van der Waals surface area contributed by atoms with Crippen molar-refractivity contribution >= 4 is 11.8 Å². The number of carbonyl (C=O) groups excluding carboxylic acids is 2. The lowest BCUT2D eigenvalue weighted by Crippen LogP contribution is -2.26. The number of fused-ring (bicyclic) bond motifs is 1. The summed E-state index contributed by atoms with van der Waals surface area (Å²) >= 11 is 0. The van der Waals surface area contributed by atoms with Crippen molar-refractivity contribution < 1.29 is 9.59 Å². The Morgan fingerprint density at radius 2 is 2.11 bits per heavy atom. The zero-order valence-corrected chi connectivity index (χ0v) is 15.8. The fourth-order valence-corrected chi connectivity index (χ4v) is 3.25. The highest BCUT2D eigenvalue weighted by atomic mass is 16.2. The Labute approximate surface area is 159 Å². The van der Waals surface area contributed by atoms with E-state index >= 15 is 0 Å². The van der Waals surface area contributed by atoms with E-state index in [-0.39, 0.29) is 17.7 Å². The Balaban J connectivity index is 1.59. The average Bonchev–Trinajstić information content (AvgIpc) is 3.29. The maximum Gasteiger partial charge on any atom is 0.271 e. The van der Waals surface area contributed by atoms with Crippen LogP contribution in [0, 0.1) is 5.92 Å². The molecule has 142 valence electrons. The molecule has 1 aliphatic heterocycles. The van der Waals surface area contributed by atoms with E-state index in [9.17, 15) is 9.59 Å². The van der Waals surface area contributed by atoms with Crippen LogP contribution in [0.4, 0.5) is 0 Å². The number of rotatable bonds is 7. The van der Waals surface area contributed by atoms with Crippen LogP contribution in [0.3, 0.4) is 0 Å². The molecule has 1 aromatic carbocycles. The molecule has 0 radical (unpaired) electrons. The normalized spacial score (nSPS) is 13.9. The minimum Gasteiger partial charge on any atom is -0.347 e. The van der Waals surface area contributed by atoms with E-state index in [0.717, 1.165) is 17.5 Å². The van der Waals surface area contributed by atoms with E-state index in [4.69, 9.17) is 0 Å². The van der Waals surface area contributed by atoms with Crippen LogP contribution in [0.15, 0.2) is 37.1 Å². The Kier molecular flexibility index (Phi) is 5.69. The third kappa shape index (κ3) is 4.24. The van der Waals surface area contributed by atoms with Gasteiger partial charge in [0.1, 0.15) is 5.69 Å². The van der Waals surface area contributed by atoms with E-state index < -0.39 is 0 Å². The Morgan fingerprint density at radius 1 is 1.33 bits per heavy atom. The zero-order valence-electron chi connectivity index (χ0n) is 15.8. The van der Waals surface area contributed by atoms with Crippen LogP contribution in [0.2, 0.25) is 0 Å². The van der Waals surface area contributed by atoms with Gasteiger partial charge in [-0.15, -0.1) is 11.7 Å². The minimum absolute atomic E-state index is 0.163. The number of nitrogens with zero attached hydrogens (tertiary/aromatic N) is 4. The molecule has 1 atom stereocenters. The summed E-state index contributed by atoms with van der Waals surface area (Å²) in [6.45, 7) is 7.56. The van der Waals surface area contributed by atoms with E-state index in [2.05, 4.69) is 35.2 Å². The lowest BCUT2D eigenvalue weighted by molar-refractivity contribution is -0.132. The van der Waals surface area contributed by atoms with Crippen LogP contribution in [0.5, 0.6) is 0 Å². The summed E-state index contributed by atoms with van der Waals surface area (Å²) in [7, 11) is 1.68. The second kappa shape index (κ2) is 8.16. The van der Waals surface area contributed by atoms with Gasteiger partial charge in [0.25, 0.3) is 5.91 Å². The highest BCUT2D eigenvalue weighted by Gasteiger charge is 2.24. The Bertz CT molecular complexity index is 858. The number of aromatic nitrogens is 3. The van der Waals surface area contributed by atoms with Crippen LogP contribution in [-0.4, -0.2) is 31.7 Å². The number of carbonyl (C=O) groups is 2. The van der Waals surface area contributed by atoms with Crippen molar-refractivity contribution in [2.75, 3.05) is 0 Å². The molecule has 0 bridgehead atoms. The number of aryl methyl sites for hydroxylation is 1. The van der Waals surface area contributed by atoms with Gasteiger partial charge in [0.2, 0.25) is 5.91 Å². The predicted octanol–water partition coefficient (Wildman–Crippen LogP) is 2.19. The van der Waals surface area contributed by atoms with E-state index in [0.29, 0.717) is 31.7 Å². The molecule has 7 heteroatoms. The quantitative estimate of drug-likeness (QED) is 0.761. The molecule has 0 saturated heterocycles. The number of nitrogens with one attached hydrogen (secondary N) is 1. The second-order valence-electron chi connectivity index (χ2n) is 6.89. The van der Waals surface area contributed by atoms with E-state index in [1.54, 1.807) is 7.05 Å². The van der Waals surface area contributed by atoms with Crippen molar-refractivity contribution in [2.45, 2.75) is 39.4 Å². The maximum atomic E-state index is 12.5. The van der Waals surface area contributed by atoms with Gasteiger partial charge in [-0.2, -0.15) is 0 Å². The molecule has 2 aromatic rings. The van der Waals surface area contributed by atoms with Gasteiger partial charge in [-0.25, -0.2) is 4.68 Å². The van der Waals surface area contributed by atoms with Gasteiger partial charge in [-0.05, 0) is 29.0 Å². The van der Waals surface area contributed by atoms with Crippen molar-refractivity contribution in [2.24, 2.45) is 13.0 Å². The lowest BCUT2D eigenvalue weighted by atomic mass is 10.0. The summed E-state index contributed by atoms with van der Waals surface area (Å²) < 4.78 is 1.44. The molecule has 0 saturated carbocycles. The van der Waals surface area contributed by atoms with Gasteiger partial charge < -0.3 is 10.2 Å². The first kappa shape index (κ1) is 18.8. The van der Waals surface area contributed by atoms with Crippen molar-refractivity contribution in [1.29, 1.82) is 0 Å². The molecular weight excluding hydrogens is 342 g/mol. The monoisotopic (exact) mass is 367 g/mol. The fourth-order valence-electron chi connectivity index (χ4n) is 3.25. The summed E-state index contributed by atoms with van der Waals surface area (Å²) in [5.74, 6) is 0.180. The van der Waals surface area contributed by atoms with Crippen molar-refractivity contribution in [3.05, 3.63) is 59.4 Å². The third-order valence-electron chi connectivity index (χ3n) is 5.04.